The molecule has 0 heterocycles. The zero-order chi connectivity index (χ0) is 11.4. The van der Waals surface area contributed by atoms with Crippen LogP contribution in [0.15, 0.2) is 0 Å². The highest BCUT2D eigenvalue weighted by atomic mass is 16.5. The second kappa shape index (κ2) is 4.53. The lowest BCUT2D eigenvalue weighted by molar-refractivity contribution is -0.191. The Morgan fingerprint density at radius 1 is 1.43 bits per heavy atom. The summed E-state index contributed by atoms with van der Waals surface area (Å²) in [6.07, 6.45) is -2.58. The summed E-state index contributed by atoms with van der Waals surface area (Å²) in [5.41, 5.74) is -3.05. The summed E-state index contributed by atoms with van der Waals surface area (Å²) in [4.78, 5) is 30.3. The van der Waals surface area contributed by atoms with Crippen molar-refractivity contribution in [2.24, 2.45) is 0 Å². The van der Waals surface area contributed by atoms with Crippen molar-refractivity contribution in [1.29, 1.82) is 0 Å². The lowest BCUT2D eigenvalue weighted by Gasteiger charge is -2.24. The molecule has 0 aliphatic carbocycles. The molecule has 0 radical (unpaired) electrons. The van der Waals surface area contributed by atoms with Crippen LogP contribution >= 0.6 is 0 Å². The molecule has 0 amide bonds. The standard InChI is InChI=1S/C6H8O8/c7-2-14-1-6(13,5(11)12)3(8)4(9)10/h2-3,8,13H,1H2,(H,9,10)(H,11,12). The molecular formula is C6H8O8. The van der Waals surface area contributed by atoms with Gasteiger partial charge < -0.3 is 25.2 Å². The second-order valence-corrected chi connectivity index (χ2v) is 2.38. The first-order valence-corrected chi connectivity index (χ1v) is 3.28. The Labute approximate surface area is 77.3 Å². The molecule has 4 N–H and O–H groups in total. The topological polar surface area (TPSA) is 141 Å². The smallest absolute Gasteiger partial charge is 0.342 e. The maximum absolute atomic E-state index is 10.4. The summed E-state index contributed by atoms with van der Waals surface area (Å²) in [7, 11) is 0. The van der Waals surface area contributed by atoms with Gasteiger partial charge in [0.15, 0.2) is 6.10 Å². The molecule has 0 spiro atoms. The molecule has 0 rings (SSSR count). The molecule has 0 bridgehead atoms. The van der Waals surface area contributed by atoms with Crippen molar-refractivity contribution in [2.75, 3.05) is 6.61 Å². The van der Waals surface area contributed by atoms with E-state index >= 15 is 0 Å². The number of hydrogen-bond acceptors (Lipinski definition) is 6. The Morgan fingerprint density at radius 3 is 2.21 bits per heavy atom. The predicted molar refractivity (Wildman–Crippen MR) is 38.2 cm³/mol. The molecule has 80 valence electrons. The Bertz CT molecular complexity index is 248. The Balaban J connectivity index is 4.78. The van der Waals surface area contributed by atoms with Crippen LogP contribution in [0.25, 0.3) is 0 Å². The van der Waals surface area contributed by atoms with Gasteiger partial charge in [0.05, 0.1) is 0 Å². The van der Waals surface area contributed by atoms with E-state index in [1.165, 1.54) is 0 Å². The van der Waals surface area contributed by atoms with Crippen molar-refractivity contribution >= 4 is 18.4 Å². The van der Waals surface area contributed by atoms with Gasteiger partial charge in [-0.2, -0.15) is 0 Å². The van der Waals surface area contributed by atoms with Gasteiger partial charge in [-0.15, -0.1) is 0 Å². The quantitative estimate of drug-likeness (QED) is 0.348. The van der Waals surface area contributed by atoms with E-state index in [4.69, 9.17) is 20.4 Å². The van der Waals surface area contributed by atoms with Crippen LogP contribution in [-0.2, 0) is 19.1 Å². The van der Waals surface area contributed by atoms with Gasteiger partial charge in [-0.25, -0.2) is 9.59 Å². The highest BCUT2D eigenvalue weighted by molar-refractivity contribution is 5.87. The first-order chi connectivity index (χ1) is 6.36. The van der Waals surface area contributed by atoms with E-state index < -0.39 is 30.3 Å². The fraction of sp³-hybridized carbons (Fsp3) is 0.500. The third-order valence-corrected chi connectivity index (χ3v) is 1.43. The molecule has 0 saturated heterocycles. The van der Waals surface area contributed by atoms with Crippen LogP contribution in [-0.4, -0.2) is 57.1 Å². The van der Waals surface area contributed by atoms with Crippen LogP contribution in [0.2, 0.25) is 0 Å². The van der Waals surface area contributed by atoms with Crippen molar-refractivity contribution in [3.63, 3.8) is 0 Å². The molecule has 0 aliphatic heterocycles. The lowest BCUT2D eigenvalue weighted by Crippen LogP contribution is -2.56. The number of aliphatic hydroxyl groups is 2. The molecule has 0 aromatic rings. The van der Waals surface area contributed by atoms with Gasteiger partial charge >= 0.3 is 11.9 Å². The first kappa shape index (κ1) is 12.3. The fourth-order valence-corrected chi connectivity index (χ4v) is 0.623. The Morgan fingerprint density at radius 2 is 1.93 bits per heavy atom. The third-order valence-electron chi connectivity index (χ3n) is 1.43. The summed E-state index contributed by atoms with van der Waals surface area (Å²) in [5.74, 6) is -3.95. The number of carbonyl (C=O) groups excluding carboxylic acids is 1. The summed E-state index contributed by atoms with van der Waals surface area (Å²) >= 11 is 0. The number of hydrogen-bond donors (Lipinski definition) is 4. The van der Waals surface area contributed by atoms with Gasteiger partial charge in [-0.05, 0) is 0 Å². The van der Waals surface area contributed by atoms with E-state index in [9.17, 15) is 14.4 Å². The molecule has 0 saturated carbocycles. The molecule has 2 atom stereocenters. The average Bonchev–Trinajstić information content (AvgIpc) is 2.12. The van der Waals surface area contributed by atoms with Crippen LogP contribution in [0.4, 0.5) is 0 Å². The van der Waals surface area contributed by atoms with E-state index in [1.807, 2.05) is 0 Å². The molecule has 0 aliphatic rings. The molecule has 8 heteroatoms. The van der Waals surface area contributed by atoms with E-state index in [1.54, 1.807) is 0 Å². The van der Waals surface area contributed by atoms with Crippen molar-refractivity contribution < 1.29 is 39.5 Å². The minimum absolute atomic E-state index is 0.178. The Hall–Kier alpha value is -1.67. The number of aliphatic carboxylic acids is 2. The average molecular weight is 208 g/mol. The van der Waals surface area contributed by atoms with E-state index in [-0.39, 0.29) is 6.47 Å². The van der Waals surface area contributed by atoms with E-state index in [0.717, 1.165) is 0 Å². The van der Waals surface area contributed by atoms with Crippen molar-refractivity contribution in [1.82, 2.24) is 0 Å². The largest absolute Gasteiger partial charge is 0.479 e. The third kappa shape index (κ3) is 2.41. The maximum Gasteiger partial charge on any atom is 0.342 e. The minimum Gasteiger partial charge on any atom is -0.479 e. The molecule has 14 heavy (non-hydrogen) atoms. The SMILES string of the molecule is O=COCC(O)(C(=O)O)C(O)C(=O)O. The van der Waals surface area contributed by atoms with Gasteiger partial charge in [-0.1, -0.05) is 0 Å². The molecule has 0 aromatic carbocycles. The van der Waals surface area contributed by atoms with Gasteiger partial charge in [0.2, 0.25) is 5.60 Å². The molecular weight excluding hydrogens is 200 g/mol. The zero-order valence-corrected chi connectivity index (χ0v) is 6.78. The highest BCUT2D eigenvalue weighted by Crippen LogP contribution is 2.12. The molecule has 8 nitrogen and oxygen atoms in total. The number of rotatable bonds is 6. The fourth-order valence-electron chi connectivity index (χ4n) is 0.623. The summed E-state index contributed by atoms with van der Waals surface area (Å²) < 4.78 is 3.90. The van der Waals surface area contributed by atoms with Gasteiger partial charge in [0.25, 0.3) is 6.47 Å². The summed E-state index contributed by atoms with van der Waals surface area (Å²) in [6, 6.07) is 0. The van der Waals surface area contributed by atoms with Crippen LogP contribution in [0.1, 0.15) is 0 Å². The first-order valence-electron chi connectivity index (χ1n) is 3.28. The Kier molecular flexibility index (Phi) is 3.99. The molecule has 2 unspecified atom stereocenters. The zero-order valence-electron chi connectivity index (χ0n) is 6.78. The number of carbonyl (C=O) groups is 3. The molecule has 0 aromatic heterocycles. The van der Waals surface area contributed by atoms with Crippen LogP contribution in [0.3, 0.4) is 0 Å². The van der Waals surface area contributed by atoms with Crippen LogP contribution < -0.4 is 0 Å². The monoisotopic (exact) mass is 208 g/mol. The normalized spacial score (nSPS) is 16.4. The summed E-state index contributed by atoms with van der Waals surface area (Å²) in [6.45, 7) is -1.33. The van der Waals surface area contributed by atoms with E-state index in [2.05, 4.69) is 4.74 Å². The van der Waals surface area contributed by atoms with E-state index in [0.29, 0.717) is 0 Å². The minimum atomic E-state index is -3.05. The van der Waals surface area contributed by atoms with Gasteiger partial charge in [-0.3, -0.25) is 4.79 Å². The predicted octanol–water partition coefficient (Wildman–Crippen LogP) is -2.58. The number of aliphatic hydroxyl groups excluding tert-OH is 1. The number of carboxylic acids is 2. The van der Waals surface area contributed by atoms with Gasteiger partial charge in [0, 0.05) is 0 Å². The van der Waals surface area contributed by atoms with Gasteiger partial charge in [0.1, 0.15) is 6.61 Å². The number of ether oxygens (including phenoxy) is 1. The van der Waals surface area contributed by atoms with Crippen molar-refractivity contribution in [3.8, 4) is 0 Å². The van der Waals surface area contributed by atoms with Crippen LogP contribution in [0, 0.1) is 0 Å². The lowest BCUT2D eigenvalue weighted by atomic mass is 9.98. The highest BCUT2D eigenvalue weighted by Gasteiger charge is 2.48. The second-order valence-electron chi connectivity index (χ2n) is 2.38. The maximum atomic E-state index is 10.4. The summed E-state index contributed by atoms with van der Waals surface area (Å²) in [5, 5.41) is 34.6. The van der Waals surface area contributed by atoms with Crippen molar-refractivity contribution in [3.05, 3.63) is 0 Å². The number of carboxylic acid groups (broad SMARTS) is 2. The molecule has 0 fully saturated rings. The van der Waals surface area contributed by atoms with Crippen LogP contribution in [0.5, 0.6) is 0 Å². The van der Waals surface area contributed by atoms with Crippen molar-refractivity contribution in [2.45, 2.75) is 11.7 Å².